The first kappa shape index (κ1) is 9.00. The minimum absolute atomic E-state index is 0.0382. The molecule has 0 radical (unpaired) electrons. The number of allylic oxidation sites excluding steroid dienone is 1. The molecule has 0 fully saturated rings. The van der Waals surface area contributed by atoms with Gasteiger partial charge in [0.1, 0.15) is 0 Å². The molecular weight excluding hydrogens is 174 g/mol. The summed E-state index contributed by atoms with van der Waals surface area (Å²) in [4.78, 5) is 11.6. The molecule has 0 aromatic heterocycles. The summed E-state index contributed by atoms with van der Waals surface area (Å²) < 4.78 is 0. The fourth-order valence-corrected chi connectivity index (χ4v) is 1.83. The minimum atomic E-state index is -0.0382. The van der Waals surface area contributed by atoms with Crippen molar-refractivity contribution in [2.24, 2.45) is 0 Å². The highest BCUT2D eigenvalue weighted by Crippen LogP contribution is 2.35. The summed E-state index contributed by atoms with van der Waals surface area (Å²) in [5.74, 6) is 0.0536. The Morgan fingerprint density at radius 1 is 1.50 bits per heavy atom. The number of anilines is 1. The van der Waals surface area contributed by atoms with Crippen molar-refractivity contribution in [1.82, 2.24) is 0 Å². The average Bonchev–Trinajstić information content (AvgIpc) is 2.43. The van der Waals surface area contributed by atoms with E-state index in [1.54, 1.807) is 0 Å². The van der Waals surface area contributed by atoms with E-state index in [-0.39, 0.29) is 11.8 Å². The number of carbonyl (C=O) groups is 1. The van der Waals surface area contributed by atoms with Crippen molar-refractivity contribution < 1.29 is 4.79 Å². The van der Waals surface area contributed by atoms with Crippen LogP contribution in [0.1, 0.15) is 24.8 Å². The highest BCUT2D eigenvalue weighted by Gasteiger charge is 2.29. The zero-order chi connectivity index (χ0) is 10.1. The van der Waals surface area contributed by atoms with Crippen LogP contribution in [0, 0.1) is 0 Å². The molecule has 14 heavy (non-hydrogen) atoms. The predicted octanol–water partition coefficient (Wildman–Crippen LogP) is 2.69. The molecule has 1 aliphatic heterocycles. The number of para-hydroxylation sites is 1. The van der Waals surface area contributed by atoms with Crippen LogP contribution in [0.25, 0.3) is 0 Å². The van der Waals surface area contributed by atoms with Crippen LogP contribution in [0.4, 0.5) is 5.69 Å². The molecule has 1 atom stereocenters. The normalized spacial score (nSPS) is 18.9. The van der Waals surface area contributed by atoms with Crippen molar-refractivity contribution in [3.8, 4) is 0 Å². The standard InChI is InChI=1S/C12H13NO/c1-8(2)7-10-9-5-3-4-6-11(9)13-12(10)14/h3-6,10H,1,7H2,2H3,(H,13,14). The van der Waals surface area contributed by atoms with Crippen molar-refractivity contribution in [3.63, 3.8) is 0 Å². The molecular formula is C12H13NO. The van der Waals surface area contributed by atoms with Crippen LogP contribution >= 0.6 is 0 Å². The predicted molar refractivity (Wildman–Crippen MR) is 57.2 cm³/mol. The summed E-state index contributed by atoms with van der Waals surface area (Å²) in [5, 5.41) is 2.87. The fraction of sp³-hybridized carbons (Fsp3) is 0.250. The van der Waals surface area contributed by atoms with Gasteiger partial charge in [-0.25, -0.2) is 0 Å². The molecule has 1 unspecified atom stereocenters. The van der Waals surface area contributed by atoms with Gasteiger partial charge >= 0.3 is 0 Å². The van der Waals surface area contributed by atoms with Crippen LogP contribution in [0.2, 0.25) is 0 Å². The first-order valence-corrected chi connectivity index (χ1v) is 4.72. The van der Waals surface area contributed by atoms with Crippen LogP contribution in [0.15, 0.2) is 36.4 Å². The summed E-state index contributed by atoms with van der Waals surface area (Å²) in [6.45, 7) is 5.80. The van der Waals surface area contributed by atoms with E-state index in [1.807, 2.05) is 31.2 Å². The Morgan fingerprint density at radius 3 is 2.93 bits per heavy atom. The molecule has 1 heterocycles. The number of hydrogen-bond donors (Lipinski definition) is 1. The van der Waals surface area contributed by atoms with Crippen LogP contribution in [-0.4, -0.2) is 5.91 Å². The minimum Gasteiger partial charge on any atom is -0.325 e. The van der Waals surface area contributed by atoms with Crippen molar-refractivity contribution in [2.75, 3.05) is 5.32 Å². The molecule has 0 bridgehead atoms. The van der Waals surface area contributed by atoms with E-state index in [1.165, 1.54) is 0 Å². The molecule has 0 saturated carbocycles. The Balaban J connectivity index is 2.34. The smallest absolute Gasteiger partial charge is 0.232 e. The molecule has 1 amide bonds. The van der Waals surface area contributed by atoms with Crippen LogP contribution in [-0.2, 0) is 4.79 Å². The maximum Gasteiger partial charge on any atom is 0.232 e. The Labute approximate surface area is 83.6 Å². The Bertz CT molecular complexity index is 395. The number of nitrogens with one attached hydrogen (secondary N) is 1. The maximum atomic E-state index is 11.6. The third kappa shape index (κ3) is 1.43. The van der Waals surface area contributed by atoms with E-state index in [4.69, 9.17) is 0 Å². The van der Waals surface area contributed by atoms with Gasteiger partial charge in [0.2, 0.25) is 5.91 Å². The molecule has 2 nitrogen and oxygen atoms in total. The van der Waals surface area contributed by atoms with Crippen molar-refractivity contribution in [1.29, 1.82) is 0 Å². The monoisotopic (exact) mass is 187 g/mol. The van der Waals surface area contributed by atoms with Crippen LogP contribution < -0.4 is 5.32 Å². The van der Waals surface area contributed by atoms with Gasteiger partial charge in [-0.05, 0) is 25.0 Å². The van der Waals surface area contributed by atoms with E-state index in [0.717, 1.165) is 23.2 Å². The van der Waals surface area contributed by atoms with Gasteiger partial charge in [-0.1, -0.05) is 23.8 Å². The molecule has 1 N–H and O–H groups in total. The van der Waals surface area contributed by atoms with E-state index in [2.05, 4.69) is 11.9 Å². The molecule has 1 aromatic rings. The number of hydrogen-bond acceptors (Lipinski definition) is 1. The van der Waals surface area contributed by atoms with Crippen LogP contribution in [0.3, 0.4) is 0 Å². The average molecular weight is 187 g/mol. The SMILES string of the molecule is C=C(C)CC1C(=O)Nc2ccccc21. The zero-order valence-electron chi connectivity index (χ0n) is 8.21. The molecule has 2 heteroatoms. The molecule has 2 rings (SSSR count). The largest absolute Gasteiger partial charge is 0.325 e. The Kier molecular flexibility index (Phi) is 2.12. The molecule has 72 valence electrons. The topological polar surface area (TPSA) is 29.1 Å². The van der Waals surface area contributed by atoms with Crippen molar-refractivity contribution in [2.45, 2.75) is 19.3 Å². The van der Waals surface area contributed by atoms with Gasteiger partial charge in [-0.3, -0.25) is 4.79 Å². The summed E-state index contributed by atoms with van der Waals surface area (Å²) in [7, 11) is 0. The van der Waals surface area contributed by atoms with Gasteiger partial charge < -0.3 is 5.32 Å². The fourth-order valence-electron chi connectivity index (χ4n) is 1.83. The number of benzene rings is 1. The summed E-state index contributed by atoms with van der Waals surface area (Å²) in [6, 6.07) is 7.83. The second kappa shape index (κ2) is 3.29. The lowest BCUT2D eigenvalue weighted by Gasteiger charge is -2.07. The summed E-state index contributed by atoms with van der Waals surface area (Å²) in [5.41, 5.74) is 3.09. The quantitative estimate of drug-likeness (QED) is 0.708. The number of fused-ring (bicyclic) bond motifs is 1. The number of carbonyl (C=O) groups excluding carboxylic acids is 1. The van der Waals surface area contributed by atoms with E-state index in [9.17, 15) is 4.79 Å². The molecule has 0 aliphatic carbocycles. The third-order valence-electron chi connectivity index (χ3n) is 2.46. The molecule has 1 aliphatic rings. The third-order valence-corrected chi connectivity index (χ3v) is 2.46. The van der Waals surface area contributed by atoms with Gasteiger partial charge in [-0.15, -0.1) is 6.58 Å². The molecule has 0 saturated heterocycles. The highest BCUT2D eigenvalue weighted by atomic mass is 16.2. The summed E-state index contributed by atoms with van der Waals surface area (Å²) in [6.07, 6.45) is 0.739. The Morgan fingerprint density at radius 2 is 2.21 bits per heavy atom. The lowest BCUT2D eigenvalue weighted by molar-refractivity contribution is -0.117. The van der Waals surface area contributed by atoms with Crippen molar-refractivity contribution >= 4 is 11.6 Å². The second-order valence-electron chi connectivity index (χ2n) is 3.79. The lowest BCUT2D eigenvalue weighted by Crippen LogP contribution is -2.11. The number of rotatable bonds is 2. The van der Waals surface area contributed by atoms with E-state index in [0.29, 0.717) is 0 Å². The van der Waals surface area contributed by atoms with E-state index >= 15 is 0 Å². The van der Waals surface area contributed by atoms with Gasteiger partial charge in [0.05, 0.1) is 5.92 Å². The first-order valence-electron chi connectivity index (χ1n) is 4.72. The molecule has 1 aromatic carbocycles. The highest BCUT2D eigenvalue weighted by molar-refractivity contribution is 6.02. The molecule has 0 spiro atoms. The van der Waals surface area contributed by atoms with Gasteiger partial charge in [-0.2, -0.15) is 0 Å². The van der Waals surface area contributed by atoms with Gasteiger partial charge in [0.25, 0.3) is 0 Å². The van der Waals surface area contributed by atoms with Crippen LogP contribution in [0.5, 0.6) is 0 Å². The van der Waals surface area contributed by atoms with Crippen molar-refractivity contribution in [3.05, 3.63) is 42.0 Å². The zero-order valence-corrected chi connectivity index (χ0v) is 8.21. The number of amides is 1. The van der Waals surface area contributed by atoms with Gasteiger partial charge in [0, 0.05) is 5.69 Å². The van der Waals surface area contributed by atoms with E-state index < -0.39 is 0 Å². The first-order chi connectivity index (χ1) is 6.68. The Hall–Kier alpha value is -1.57. The maximum absolute atomic E-state index is 11.6. The van der Waals surface area contributed by atoms with Gasteiger partial charge in [0.15, 0.2) is 0 Å². The lowest BCUT2D eigenvalue weighted by atomic mass is 9.94. The summed E-state index contributed by atoms with van der Waals surface area (Å²) >= 11 is 0. The second-order valence-corrected chi connectivity index (χ2v) is 3.79.